The molecular formula is C13H25NO2. The summed E-state index contributed by atoms with van der Waals surface area (Å²) in [4.78, 5) is 10.5. The van der Waals surface area contributed by atoms with Gasteiger partial charge in [0.15, 0.2) is 0 Å². The summed E-state index contributed by atoms with van der Waals surface area (Å²) in [6, 6.07) is 0.470. The van der Waals surface area contributed by atoms with Gasteiger partial charge >= 0.3 is 5.97 Å². The number of rotatable bonds is 4. The van der Waals surface area contributed by atoms with Crippen LogP contribution in [0.3, 0.4) is 0 Å². The summed E-state index contributed by atoms with van der Waals surface area (Å²) in [7, 11) is 0. The smallest absolute Gasteiger partial charge is 0.304 e. The van der Waals surface area contributed by atoms with Gasteiger partial charge in [-0.15, -0.1) is 0 Å². The number of carboxylic acids is 1. The topological polar surface area (TPSA) is 49.3 Å². The molecule has 0 spiro atoms. The first-order valence-corrected chi connectivity index (χ1v) is 6.15. The van der Waals surface area contributed by atoms with Crippen LogP contribution in [0.2, 0.25) is 0 Å². The van der Waals surface area contributed by atoms with Gasteiger partial charge < -0.3 is 10.4 Å². The maximum atomic E-state index is 10.5. The van der Waals surface area contributed by atoms with Gasteiger partial charge in [-0.3, -0.25) is 4.79 Å². The van der Waals surface area contributed by atoms with E-state index < -0.39 is 5.97 Å². The standard InChI is InChI=1S/C13H25NO2/c1-12(2)7-10(8-13(3,4)9-12)14-6-5-11(15)16/h10,14H,5-9H2,1-4H3,(H,15,16). The Labute approximate surface area is 98.6 Å². The van der Waals surface area contributed by atoms with E-state index >= 15 is 0 Å². The van der Waals surface area contributed by atoms with Crippen molar-refractivity contribution in [3.8, 4) is 0 Å². The van der Waals surface area contributed by atoms with E-state index in [0.29, 0.717) is 23.4 Å². The van der Waals surface area contributed by atoms with E-state index in [4.69, 9.17) is 5.11 Å². The molecule has 3 heteroatoms. The van der Waals surface area contributed by atoms with Crippen molar-refractivity contribution >= 4 is 5.97 Å². The first-order valence-electron chi connectivity index (χ1n) is 6.15. The van der Waals surface area contributed by atoms with Crippen LogP contribution in [0.4, 0.5) is 0 Å². The van der Waals surface area contributed by atoms with Gasteiger partial charge in [-0.25, -0.2) is 0 Å². The van der Waals surface area contributed by atoms with Crippen molar-refractivity contribution in [1.29, 1.82) is 0 Å². The lowest BCUT2D eigenvalue weighted by Crippen LogP contribution is -2.44. The van der Waals surface area contributed by atoms with E-state index in [0.717, 1.165) is 12.8 Å². The highest BCUT2D eigenvalue weighted by Crippen LogP contribution is 2.45. The van der Waals surface area contributed by atoms with Crippen molar-refractivity contribution in [1.82, 2.24) is 5.32 Å². The molecular weight excluding hydrogens is 202 g/mol. The van der Waals surface area contributed by atoms with Crippen molar-refractivity contribution in [2.75, 3.05) is 6.54 Å². The molecule has 1 aliphatic carbocycles. The highest BCUT2D eigenvalue weighted by Gasteiger charge is 2.37. The zero-order chi connectivity index (χ0) is 12.4. The molecule has 0 aliphatic heterocycles. The molecule has 0 unspecified atom stereocenters. The molecule has 3 nitrogen and oxygen atoms in total. The van der Waals surface area contributed by atoms with Crippen LogP contribution in [0, 0.1) is 10.8 Å². The molecule has 0 aromatic rings. The molecule has 1 aliphatic rings. The quantitative estimate of drug-likeness (QED) is 0.776. The Kier molecular flexibility index (Phi) is 4.00. The second-order valence-corrected chi connectivity index (χ2v) is 6.71. The SMILES string of the molecule is CC1(C)CC(NCCC(=O)O)CC(C)(C)C1. The predicted molar refractivity (Wildman–Crippen MR) is 65.5 cm³/mol. The minimum absolute atomic E-state index is 0.220. The fourth-order valence-electron chi connectivity index (χ4n) is 3.37. The van der Waals surface area contributed by atoms with Crippen molar-refractivity contribution in [3.63, 3.8) is 0 Å². The van der Waals surface area contributed by atoms with Gasteiger partial charge in [0.2, 0.25) is 0 Å². The van der Waals surface area contributed by atoms with Gasteiger partial charge in [0.05, 0.1) is 6.42 Å². The number of carbonyl (C=O) groups is 1. The largest absolute Gasteiger partial charge is 0.481 e. The number of carboxylic acid groups (broad SMARTS) is 1. The van der Waals surface area contributed by atoms with Crippen LogP contribution in [0.1, 0.15) is 53.4 Å². The lowest BCUT2D eigenvalue weighted by Gasteiger charge is -2.45. The first kappa shape index (κ1) is 13.5. The number of aliphatic carboxylic acids is 1. The van der Waals surface area contributed by atoms with Crippen molar-refractivity contribution in [2.45, 2.75) is 59.4 Å². The Hall–Kier alpha value is -0.570. The summed E-state index contributed by atoms with van der Waals surface area (Å²) in [6.07, 6.45) is 3.76. The Balaban J connectivity index is 2.45. The van der Waals surface area contributed by atoms with Crippen LogP contribution in [0.5, 0.6) is 0 Å². The van der Waals surface area contributed by atoms with Gasteiger partial charge in [-0.2, -0.15) is 0 Å². The van der Waals surface area contributed by atoms with Crippen LogP contribution in [-0.2, 0) is 4.79 Å². The third kappa shape index (κ3) is 4.52. The summed E-state index contributed by atoms with van der Waals surface area (Å²) < 4.78 is 0. The Morgan fingerprint density at radius 3 is 2.19 bits per heavy atom. The van der Waals surface area contributed by atoms with Gasteiger partial charge in [0.1, 0.15) is 0 Å². The maximum Gasteiger partial charge on any atom is 0.304 e. The highest BCUT2D eigenvalue weighted by atomic mass is 16.4. The molecule has 0 aromatic heterocycles. The Bertz CT molecular complexity index is 243. The molecule has 2 N–H and O–H groups in total. The minimum atomic E-state index is -0.721. The Morgan fingerprint density at radius 1 is 1.25 bits per heavy atom. The first-order chi connectivity index (χ1) is 7.20. The van der Waals surface area contributed by atoms with Crippen molar-refractivity contribution < 1.29 is 9.90 Å². The fourth-order valence-corrected chi connectivity index (χ4v) is 3.37. The molecule has 0 heterocycles. The zero-order valence-corrected chi connectivity index (χ0v) is 11.0. The lowest BCUT2D eigenvalue weighted by atomic mass is 9.63. The molecule has 1 saturated carbocycles. The average Bonchev–Trinajstić information content (AvgIpc) is 1.96. The second-order valence-electron chi connectivity index (χ2n) is 6.71. The summed E-state index contributed by atoms with van der Waals surface area (Å²) in [5.41, 5.74) is 0.727. The summed E-state index contributed by atoms with van der Waals surface area (Å²) in [5, 5.41) is 12.0. The van der Waals surface area contributed by atoms with Gasteiger partial charge in [-0.1, -0.05) is 27.7 Å². The molecule has 1 fully saturated rings. The van der Waals surface area contributed by atoms with Crippen LogP contribution < -0.4 is 5.32 Å². The van der Waals surface area contributed by atoms with Crippen molar-refractivity contribution in [3.05, 3.63) is 0 Å². The monoisotopic (exact) mass is 227 g/mol. The fraction of sp³-hybridized carbons (Fsp3) is 0.923. The normalized spacial score (nSPS) is 24.2. The third-order valence-corrected chi connectivity index (χ3v) is 3.33. The Morgan fingerprint density at radius 2 is 1.75 bits per heavy atom. The summed E-state index contributed by atoms with van der Waals surface area (Å²) >= 11 is 0. The molecule has 0 aromatic carbocycles. The molecule has 94 valence electrons. The lowest BCUT2D eigenvalue weighted by molar-refractivity contribution is -0.136. The van der Waals surface area contributed by atoms with E-state index in [-0.39, 0.29) is 6.42 Å². The van der Waals surface area contributed by atoms with Crippen LogP contribution in [0.15, 0.2) is 0 Å². The van der Waals surface area contributed by atoms with Crippen LogP contribution >= 0.6 is 0 Å². The molecule has 0 saturated heterocycles. The maximum absolute atomic E-state index is 10.5. The predicted octanol–water partition coefficient (Wildman–Crippen LogP) is 2.66. The summed E-state index contributed by atoms with van der Waals surface area (Å²) in [5.74, 6) is -0.721. The number of hydrogen-bond donors (Lipinski definition) is 2. The van der Waals surface area contributed by atoms with E-state index in [1.807, 2.05) is 0 Å². The highest BCUT2D eigenvalue weighted by molar-refractivity contribution is 5.66. The summed E-state index contributed by atoms with van der Waals surface area (Å²) in [6.45, 7) is 9.81. The van der Waals surface area contributed by atoms with Gasteiger partial charge in [0.25, 0.3) is 0 Å². The van der Waals surface area contributed by atoms with E-state index in [2.05, 4.69) is 33.0 Å². The minimum Gasteiger partial charge on any atom is -0.481 e. The number of hydrogen-bond acceptors (Lipinski definition) is 2. The van der Waals surface area contributed by atoms with Crippen LogP contribution in [-0.4, -0.2) is 23.7 Å². The molecule has 0 amide bonds. The van der Waals surface area contributed by atoms with Gasteiger partial charge in [0, 0.05) is 12.6 Å². The van der Waals surface area contributed by atoms with Crippen molar-refractivity contribution in [2.24, 2.45) is 10.8 Å². The van der Waals surface area contributed by atoms with Crippen LogP contribution in [0.25, 0.3) is 0 Å². The zero-order valence-electron chi connectivity index (χ0n) is 11.0. The van der Waals surface area contributed by atoms with E-state index in [1.165, 1.54) is 6.42 Å². The molecule has 1 rings (SSSR count). The molecule has 16 heavy (non-hydrogen) atoms. The number of nitrogens with one attached hydrogen (secondary N) is 1. The van der Waals surface area contributed by atoms with E-state index in [9.17, 15) is 4.79 Å². The molecule has 0 radical (unpaired) electrons. The average molecular weight is 227 g/mol. The van der Waals surface area contributed by atoms with Gasteiger partial charge in [-0.05, 0) is 30.1 Å². The second kappa shape index (κ2) is 4.74. The molecule has 0 bridgehead atoms. The molecule has 0 atom stereocenters. The third-order valence-electron chi connectivity index (χ3n) is 3.33. The van der Waals surface area contributed by atoms with E-state index in [1.54, 1.807) is 0 Å².